The highest BCUT2D eigenvalue weighted by Crippen LogP contribution is 2.47. The fraction of sp³-hybridized carbons (Fsp3) is 0.545. The third-order valence-electron chi connectivity index (χ3n) is 6.16. The minimum Gasteiger partial charge on any atom is -0.351 e. The van der Waals surface area contributed by atoms with Crippen LogP contribution in [-0.2, 0) is 4.79 Å². The van der Waals surface area contributed by atoms with Crippen molar-refractivity contribution in [2.24, 2.45) is 11.3 Å². The van der Waals surface area contributed by atoms with Crippen molar-refractivity contribution in [3.63, 3.8) is 0 Å². The lowest BCUT2D eigenvalue weighted by Crippen LogP contribution is -2.51. The van der Waals surface area contributed by atoms with Gasteiger partial charge in [-0.15, -0.1) is 0 Å². The molecule has 4 nitrogen and oxygen atoms in total. The molecule has 138 valence electrons. The SMILES string of the molecule is Cc1cccc(C(=O)NCC23CCCC=C2N(CC2CC2)C(=O)CC3)c1. The second-order valence-corrected chi connectivity index (χ2v) is 8.26. The van der Waals surface area contributed by atoms with E-state index in [9.17, 15) is 9.59 Å². The second-order valence-electron chi connectivity index (χ2n) is 8.26. The summed E-state index contributed by atoms with van der Waals surface area (Å²) in [4.78, 5) is 27.2. The van der Waals surface area contributed by atoms with Crippen LogP contribution >= 0.6 is 0 Å². The van der Waals surface area contributed by atoms with Crippen LogP contribution in [0.4, 0.5) is 0 Å². The van der Waals surface area contributed by atoms with Crippen LogP contribution < -0.4 is 5.32 Å². The Hall–Kier alpha value is -2.10. The molecule has 2 amide bonds. The Kier molecular flexibility index (Phi) is 4.60. The van der Waals surface area contributed by atoms with Crippen LogP contribution in [0.25, 0.3) is 0 Å². The summed E-state index contributed by atoms with van der Waals surface area (Å²) in [6.45, 7) is 3.50. The number of fused-ring (bicyclic) bond motifs is 1. The number of aryl methyl sites for hydroxylation is 1. The lowest BCUT2D eigenvalue weighted by molar-refractivity contribution is -0.134. The summed E-state index contributed by atoms with van der Waals surface area (Å²) < 4.78 is 0. The number of hydrogen-bond donors (Lipinski definition) is 1. The number of hydrogen-bond acceptors (Lipinski definition) is 2. The highest BCUT2D eigenvalue weighted by molar-refractivity contribution is 5.94. The van der Waals surface area contributed by atoms with Crippen LogP contribution in [0.3, 0.4) is 0 Å². The molecule has 2 aliphatic carbocycles. The Bertz CT molecular complexity index is 750. The Morgan fingerprint density at radius 3 is 2.92 bits per heavy atom. The topological polar surface area (TPSA) is 49.4 Å². The molecule has 3 aliphatic rings. The van der Waals surface area contributed by atoms with E-state index in [1.54, 1.807) is 0 Å². The summed E-state index contributed by atoms with van der Waals surface area (Å²) in [5.41, 5.74) is 2.93. The predicted molar refractivity (Wildman–Crippen MR) is 102 cm³/mol. The maximum atomic E-state index is 12.6. The van der Waals surface area contributed by atoms with Crippen LogP contribution in [0.5, 0.6) is 0 Å². The molecule has 1 aromatic rings. The molecule has 1 N–H and O–H groups in total. The molecule has 0 radical (unpaired) electrons. The van der Waals surface area contributed by atoms with E-state index < -0.39 is 0 Å². The number of piperidine rings is 1. The van der Waals surface area contributed by atoms with Gasteiger partial charge in [0.05, 0.1) is 0 Å². The molecule has 1 aromatic carbocycles. The number of rotatable bonds is 5. The third kappa shape index (κ3) is 3.42. The van der Waals surface area contributed by atoms with Crippen molar-refractivity contribution in [3.05, 3.63) is 47.2 Å². The Labute approximate surface area is 155 Å². The summed E-state index contributed by atoms with van der Waals surface area (Å²) in [5.74, 6) is 0.934. The molecular formula is C22H28N2O2. The number of carbonyl (C=O) groups is 2. The molecule has 1 unspecified atom stereocenters. The van der Waals surface area contributed by atoms with Gasteiger partial charge in [-0.05, 0) is 63.5 Å². The van der Waals surface area contributed by atoms with Crippen molar-refractivity contribution >= 4 is 11.8 Å². The molecule has 1 saturated heterocycles. The molecule has 1 saturated carbocycles. The number of nitrogens with zero attached hydrogens (tertiary/aromatic N) is 1. The van der Waals surface area contributed by atoms with Crippen LogP contribution in [0.2, 0.25) is 0 Å². The average molecular weight is 352 g/mol. The Balaban J connectivity index is 1.51. The zero-order valence-electron chi connectivity index (χ0n) is 15.6. The lowest BCUT2D eigenvalue weighted by Gasteiger charge is -2.47. The van der Waals surface area contributed by atoms with Crippen molar-refractivity contribution < 1.29 is 9.59 Å². The van der Waals surface area contributed by atoms with Crippen LogP contribution in [0, 0.1) is 18.3 Å². The van der Waals surface area contributed by atoms with Gasteiger partial charge in [0.2, 0.25) is 5.91 Å². The van der Waals surface area contributed by atoms with E-state index in [4.69, 9.17) is 0 Å². The van der Waals surface area contributed by atoms with Crippen molar-refractivity contribution in [1.82, 2.24) is 10.2 Å². The van der Waals surface area contributed by atoms with Gasteiger partial charge in [-0.1, -0.05) is 23.8 Å². The normalized spacial score (nSPS) is 25.5. The first-order chi connectivity index (χ1) is 12.6. The Morgan fingerprint density at radius 1 is 1.31 bits per heavy atom. The first-order valence-electron chi connectivity index (χ1n) is 9.93. The van der Waals surface area contributed by atoms with Gasteiger partial charge in [0.15, 0.2) is 0 Å². The highest BCUT2D eigenvalue weighted by atomic mass is 16.2. The average Bonchev–Trinajstić information content (AvgIpc) is 3.47. The van der Waals surface area contributed by atoms with Gasteiger partial charge >= 0.3 is 0 Å². The van der Waals surface area contributed by atoms with E-state index in [-0.39, 0.29) is 17.2 Å². The zero-order valence-corrected chi connectivity index (χ0v) is 15.6. The van der Waals surface area contributed by atoms with E-state index in [0.29, 0.717) is 24.4 Å². The summed E-state index contributed by atoms with van der Waals surface area (Å²) in [6, 6.07) is 7.71. The summed E-state index contributed by atoms with van der Waals surface area (Å²) in [7, 11) is 0. The standard InChI is InChI=1S/C22H28N2O2/c1-16-5-4-6-18(13-16)21(26)23-15-22-11-3-2-7-19(22)24(14-17-8-9-17)20(25)10-12-22/h4-7,13,17H,2-3,8-12,14-15H2,1H3,(H,23,26). The quantitative estimate of drug-likeness (QED) is 0.876. The largest absolute Gasteiger partial charge is 0.351 e. The van der Waals surface area contributed by atoms with Crippen LogP contribution in [-0.4, -0.2) is 29.8 Å². The van der Waals surface area contributed by atoms with Gasteiger partial charge in [-0.2, -0.15) is 0 Å². The van der Waals surface area contributed by atoms with Gasteiger partial charge in [-0.25, -0.2) is 0 Å². The van der Waals surface area contributed by atoms with Gasteiger partial charge in [0.1, 0.15) is 0 Å². The minimum atomic E-state index is -0.0689. The number of nitrogens with one attached hydrogen (secondary N) is 1. The summed E-state index contributed by atoms with van der Waals surface area (Å²) in [5, 5.41) is 3.17. The summed E-state index contributed by atoms with van der Waals surface area (Å²) in [6.07, 6.45) is 9.44. The van der Waals surface area contributed by atoms with Crippen molar-refractivity contribution in [2.45, 2.75) is 51.9 Å². The van der Waals surface area contributed by atoms with Gasteiger partial charge < -0.3 is 10.2 Å². The van der Waals surface area contributed by atoms with Crippen molar-refractivity contribution in [1.29, 1.82) is 0 Å². The predicted octanol–water partition coefficient (Wildman–Crippen LogP) is 3.81. The van der Waals surface area contributed by atoms with Crippen LogP contribution in [0.1, 0.15) is 60.9 Å². The first-order valence-corrected chi connectivity index (χ1v) is 9.93. The van der Waals surface area contributed by atoms with Gasteiger partial charge in [0.25, 0.3) is 5.91 Å². The molecule has 1 heterocycles. The first kappa shape index (κ1) is 17.3. The minimum absolute atomic E-state index is 0.0151. The molecule has 4 heteroatoms. The maximum absolute atomic E-state index is 12.6. The van der Waals surface area contributed by atoms with E-state index >= 15 is 0 Å². The van der Waals surface area contributed by atoms with E-state index in [1.165, 1.54) is 18.5 Å². The zero-order chi connectivity index (χ0) is 18.1. The van der Waals surface area contributed by atoms with E-state index in [1.807, 2.05) is 31.2 Å². The fourth-order valence-corrected chi connectivity index (χ4v) is 4.45. The molecule has 26 heavy (non-hydrogen) atoms. The lowest BCUT2D eigenvalue weighted by atomic mass is 9.69. The van der Waals surface area contributed by atoms with Gasteiger partial charge in [-0.3, -0.25) is 9.59 Å². The number of benzene rings is 1. The number of carbonyl (C=O) groups excluding carboxylic acids is 2. The number of amides is 2. The molecule has 0 spiro atoms. The summed E-state index contributed by atoms with van der Waals surface area (Å²) >= 11 is 0. The van der Waals surface area contributed by atoms with Crippen LogP contribution in [0.15, 0.2) is 36.0 Å². The van der Waals surface area contributed by atoms with E-state index in [2.05, 4.69) is 16.3 Å². The second kappa shape index (κ2) is 6.90. The van der Waals surface area contributed by atoms with E-state index in [0.717, 1.165) is 37.8 Å². The van der Waals surface area contributed by atoms with Gasteiger partial charge in [0, 0.05) is 36.2 Å². The molecule has 1 atom stereocenters. The third-order valence-corrected chi connectivity index (χ3v) is 6.16. The molecule has 0 bridgehead atoms. The van der Waals surface area contributed by atoms with Crippen molar-refractivity contribution in [2.75, 3.05) is 13.1 Å². The molecular weight excluding hydrogens is 324 g/mol. The number of likely N-dealkylation sites (tertiary alicyclic amines) is 1. The molecule has 1 aliphatic heterocycles. The monoisotopic (exact) mass is 352 g/mol. The number of allylic oxidation sites excluding steroid dienone is 1. The maximum Gasteiger partial charge on any atom is 0.251 e. The Morgan fingerprint density at radius 2 is 2.15 bits per heavy atom. The smallest absolute Gasteiger partial charge is 0.251 e. The molecule has 0 aromatic heterocycles. The molecule has 4 rings (SSSR count). The fourth-order valence-electron chi connectivity index (χ4n) is 4.45. The molecule has 2 fully saturated rings. The highest BCUT2D eigenvalue weighted by Gasteiger charge is 2.45. The van der Waals surface area contributed by atoms with Crippen molar-refractivity contribution in [3.8, 4) is 0 Å².